The maximum Gasteiger partial charge on any atom is 0.123 e. The lowest BCUT2D eigenvalue weighted by molar-refractivity contribution is 0.255. The molecule has 88 valence electrons. The highest BCUT2D eigenvalue weighted by molar-refractivity contribution is 7.96. The second-order valence-corrected chi connectivity index (χ2v) is 5.01. The first-order chi connectivity index (χ1) is 7.70. The van der Waals surface area contributed by atoms with E-state index < -0.39 is 0 Å². The molecule has 2 rings (SSSR count). The average Bonchev–Trinajstić information content (AvgIpc) is 2.29. The Kier molecular flexibility index (Phi) is 3.84. The molecule has 0 saturated carbocycles. The molecule has 1 aromatic rings. The SMILES string of the molecule is CSN1CC[C@@H](N)C[C@H]1c1cccc(F)c1. The van der Waals surface area contributed by atoms with Crippen LogP contribution in [0.5, 0.6) is 0 Å². The van der Waals surface area contributed by atoms with Gasteiger partial charge in [0.05, 0.1) is 0 Å². The summed E-state index contributed by atoms with van der Waals surface area (Å²) in [6, 6.07) is 7.33. The maximum atomic E-state index is 13.2. The zero-order valence-electron chi connectivity index (χ0n) is 9.40. The summed E-state index contributed by atoms with van der Waals surface area (Å²) in [6.07, 6.45) is 3.99. The van der Waals surface area contributed by atoms with E-state index in [0.29, 0.717) is 0 Å². The Labute approximate surface area is 100 Å². The zero-order chi connectivity index (χ0) is 11.5. The molecule has 1 aromatic carbocycles. The number of hydrogen-bond acceptors (Lipinski definition) is 3. The average molecular weight is 240 g/mol. The molecule has 0 unspecified atom stereocenters. The molecular formula is C12H17FN2S. The van der Waals surface area contributed by atoms with Crippen molar-refractivity contribution in [3.8, 4) is 0 Å². The molecule has 0 aliphatic carbocycles. The maximum absolute atomic E-state index is 13.2. The van der Waals surface area contributed by atoms with Gasteiger partial charge in [0.1, 0.15) is 5.82 Å². The van der Waals surface area contributed by atoms with E-state index >= 15 is 0 Å². The highest BCUT2D eigenvalue weighted by Gasteiger charge is 2.27. The first-order valence-electron chi connectivity index (χ1n) is 5.52. The Morgan fingerprint density at radius 3 is 3.00 bits per heavy atom. The van der Waals surface area contributed by atoms with E-state index in [1.807, 2.05) is 6.07 Å². The fourth-order valence-electron chi connectivity index (χ4n) is 2.21. The summed E-state index contributed by atoms with van der Waals surface area (Å²) in [4.78, 5) is 0. The van der Waals surface area contributed by atoms with Crippen molar-refractivity contribution < 1.29 is 4.39 Å². The number of nitrogens with zero attached hydrogens (tertiary/aromatic N) is 1. The van der Waals surface area contributed by atoms with Crippen LogP contribution in [0, 0.1) is 5.82 Å². The van der Waals surface area contributed by atoms with Crippen molar-refractivity contribution in [3.05, 3.63) is 35.6 Å². The summed E-state index contributed by atoms with van der Waals surface area (Å²) >= 11 is 1.71. The van der Waals surface area contributed by atoms with Gasteiger partial charge in [0.25, 0.3) is 0 Å². The number of hydrogen-bond donors (Lipinski definition) is 1. The van der Waals surface area contributed by atoms with Gasteiger partial charge in [-0.3, -0.25) is 0 Å². The molecule has 4 heteroatoms. The Hall–Kier alpha value is -0.580. The fourth-order valence-corrected chi connectivity index (χ4v) is 2.96. The molecule has 1 saturated heterocycles. The lowest BCUT2D eigenvalue weighted by Crippen LogP contribution is -2.38. The Morgan fingerprint density at radius 2 is 2.31 bits per heavy atom. The minimum atomic E-state index is -0.169. The minimum absolute atomic E-state index is 0.169. The van der Waals surface area contributed by atoms with Crippen molar-refractivity contribution in [1.82, 2.24) is 4.31 Å². The van der Waals surface area contributed by atoms with Gasteiger partial charge in [0.2, 0.25) is 0 Å². The summed E-state index contributed by atoms with van der Waals surface area (Å²) in [5.74, 6) is -0.169. The van der Waals surface area contributed by atoms with Crippen molar-refractivity contribution in [2.24, 2.45) is 5.73 Å². The van der Waals surface area contributed by atoms with Gasteiger partial charge in [0.15, 0.2) is 0 Å². The first-order valence-corrected chi connectivity index (χ1v) is 6.70. The molecule has 1 aliphatic heterocycles. The van der Waals surface area contributed by atoms with Crippen molar-refractivity contribution in [1.29, 1.82) is 0 Å². The molecule has 0 spiro atoms. The normalized spacial score (nSPS) is 26.9. The standard InChI is InChI=1S/C12H17FN2S/c1-16-15-6-5-11(14)8-12(15)9-3-2-4-10(13)7-9/h2-4,7,11-12H,5-6,8,14H2,1H3/t11-,12+/m1/s1. The largest absolute Gasteiger partial charge is 0.328 e. The highest BCUT2D eigenvalue weighted by Crippen LogP contribution is 2.34. The third-order valence-corrected chi connectivity index (χ3v) is 3.97. The number of benzene rings is 1. The van der Waals surface area contributed by atoms with Crippen LogP contribution < -0.4 is 5.73 Å². The highest BCUT2D eigenvalue weighted by atomic mass is 32.2. The van der Waals surface area contributed by atoms with Gasteiger partial charge >= 0.3 is 0 Å². The van der Waals surface area contributed by atoms with E-state index in [1.54, 1.807) is 24.1 Å². The summed E-state index contributed by atoms with van der Waals surface area (Å²) in [6.45, 7) is 0.976. The molecule has 0 radical (unpaired) electrons. The van der Waals surface area contributed by atoms with Gasteiger partial charge in [-0.15, -0.1) is 0 Å². The van der Waals surface area contributed by atoms with Crippen LogP contribution in [0.15, 0.2) is 24.3 Å². The van der Waals surface area contributed by atoms with Gasteiger partial charge in [-0.1, -0.05) is 24.1 Å². The lowest BCUT2D eigenvalue weighted by Gasteiger charge is -2.36. The topological polar surface area (TPSA) is 29.3 Å². The monoisotopic (exact) mass is 240 g/mol. The summed E-state index contributed by atoms with van der Waals surface area (Å²) in [7, 11) is 0. The Bertz CT molecular complexity index is 359. The molecule has 2 nitrogen and oxygen atoms in total. The van der Waals surface area contributed by atoms with Crippen LogP contribution in [0.25, 0.3) is 0 Å². The van der Waals surface area contributed by atoms with Crippen molar-refractivity contribution in [3.63, 3.8) is 0 Å². The van der Waals surface area contributed by atoms with E-state index in [1.165, 1.54) is 6.07 Å². The van der Waals surface area contributed by atoms with Gasteiger partial charge in [-0.05, 0) is 36.8 Å². The molecule has 0 bridgehead atoms. The Balaban J connectivity index is 2.22. The third-order valence-electron chi connectivity index (χ3n) is 3.06. The van der Waals surface area contributed by atoms with E-state index in [9.17, 15) is 4.39 Å². The smallest absolute Gasteiger partial charge is 0.123 e. The number of piperidine rings is 1. The van der Waals surface area contributed by atoms with Crippen molar-refractivity contribution in [2.75, 3.05) is 12.8 Å². The van der Waals surface area contributed by atoms with Gasteiger partial charge in [0, 0.05) is 18.6 Å². The van der Waals surface area contributed by atoms with E-state index in [0.717, 1.165) is 24.9 Å². The molecular weight excluding hydrogens is 223 g/mol. The van der Waals surface area contributed by atoms with Gasteiger partial charge in [-0.2, -0.15) is 0 Å². The third kappa shape index (κ3) is 2.56. The Morgan fingerprint density at radius 1 is 1.50 bits per heavy atom. The molecule has 1 aliphatic rings. The number of halogens is 1. The van der Waals surface area contributed by atoms with Crippen molar-refractivity contribution >= 4 is 11.9 Å². The quantitative estimate of drug-likeness (QED) is 0.806. The van der Waals surface area contributed by atoms with Crippen LogP contribution in [-0.2, 0) is 0 Å². The van der Waals surface area contributed by atoms with Crippen LogP contribution in [0.3, 0.4) is 0 Å². The van der Waals surface area contributed by atoms with Crippen LogP contribution in [-0.4, -0.2) is 23.1 Å². The molecule has 16 heavy (non-hydrogen) atoms. The summed E-state index contributed by atoms with van der Waals surface area (Å²) in [5, 5.41) is 0. The van der Waals surface area contributed by atoms with Crippen LogP contribution in [0.2, 0.25) is 0 Å². The van der Waals surface area contributed by atoms with E-state index in [2.05, 4.69) is 10.6 Å². The van der Waals surface area contributed by atoms with E-state index in [-0.39, 0.29) is 17.9 Å². The zero-order valence-corrected chi connectivity index (χ0v) is 10.2. The second-order valence-electron chi connectivity index (χ2n) is 4.18. The predicted octanol–water partition coefficient (Wildman–Crippen LogP) is 2.57. The molecule has 1 heterocycles. The summed E-state index contributed by atoms with van der Waals surface area (Å²) in [5.41, 5.74) is 7.02. The second kappa shape index (κ2) is 5.17. The first kappa shape index (κ1) is 11.9. The number of rotatable bonds is 2. The predicted molar refractivity (Wildman–Crippen MR) is 66.6 cm³/mol. The lowest BCUT2D eigenvalue weighted by atomic mass is 9.94. The van der Waals surface area contributed by atoms with Crippen LogP contribution in [0.4, 0.5) is 4.39 Å². The van der Waals surface area contributed by atoms with Gasteiger partial charge < -0.3 is 5.73 Å². The van der Waals surface area contributed by atoms with Crippen molar-refractivity contribution in [2.45, 2.75) is 24.9 Å². The summed E-state index contributed by atoms with van der Waals surface area (Å²) < 4.78 is 15.5. The van der Waals surface area contributed by atoms with Gasteiger partial charge in [-0.25, -0.2) is 8.70 Å². The fraction of sp³-hybridized carbons (Fsp3) is 0.500. The van der Waals surface area contributed by atoms with Crippen LogP contribution >= 0.6 is 11.9 Å². The van der Waals surface area contributed by atoms with E-state index in [4.69, 9.17) is 5.73 Å². The molecule has 2 N–H and O–H groups in total. The minimum Gasteiger partial charge on any atom is -0.328 e. The molecule has 1 fully saturated rings. The molecule has 0 amide bonds. The molecule has 2 atom stereocenters. The molecule has 0 aromatic heterocycles. The van der Waals surface area contributed by atoms with Crippen LogP contribution in [0.1, 0.15) is 24.4 Å². The number of nitrogens with two attached hydrogens (primary N) is 1.